The van der Waals surface area contributed by atoms with Gasteiger partial charge in [-0.25, -0.2) is 13.9 Å². The molecule has 2 aromatic carbocycles. The van der Waals surface area contributed by atoms with Crippen molar-refractivity contribution >= 4 is 12.0 Å². The number of hydroxylamine groups is 1. The van der Waals surface area contributed by atoms with Crippen molar-refractivity contribution < 1.29 is 9.36 Å². The Morgan fingerprint density at radius 1 is 1.02 bits per heavy atom. The number of nitrogens with one attached hydrogen (secondary N) is 2. The predicted octanol–water partition coefficient (Wildman–Crippen LogP) is 5.92. The number of aromatic amines is 1. The van der Waals surface area contributed by atoms with Crippen LogP contribution in [-0.2, 0) is 17.7 Å². The summed E-state index contributed by atoms with van der Waals surface area (Å²) < 4.78 is 8.12. The highest BCUT2D eigenvalue weighted by Crippen LogP contribution is 2.30. The molecule has 0 unspecified atom stereocenters. The number of H-pyrrole nitrogens is 1. The van der Waals surface area contributed by atoms with Crippen LogP contribution in [0.5, 0.6) is 0 Å². The van der Waals surface area contributed by atoms with E-state index in [1.54, 1.807) is 15.3 Å². The van der Waals surface area contributed by atoms with Crippen LogP contribution in [0.15, 0.2) is 68.3 Å². The van der Waals surface area contributed by atoms with Gasteiger partial charge in [-0.3, -0.25) is 24.6 Å². The van der Waals surface area contributed by atoms with Gasteiger partial charge in [0, 0.05) is 29.2 Å². The summed E-state index contributed by atoms with van der Waals surface area (Å²) in [5.74, 6) is 0.803. The Bertz CT molecular complexity index is 1960. The summed E-state index contributed by atoms with van der Waals surface area (Å²) in [5, 5.41) is 8.58. The Morgan fingerprint density at radius 3 is 2.31 bits per heavy atom. The Labute approximate surface area is 261 Å². The fourth-order valence-corrected chi connectivity index (χ4v) is 5.02. The third kappa shape index (κ3) is 6.99. The van der Waals surface area contributed by atoms with E-state index in [-0.39, 0.29) is 11.0 Å². The van der Waals surface area contributed by atoms with Gasteiger partial charge in [0.25, 0.3) is 5.56 Å². The molecule has 0 atom stereocenters. The van der Waals surface area contributed by atoms with Crippen LogP contribution < -0.4 is 16.8 Å². The van der Waals surface area contributed by atoms with Gasteiger partial charge in [0.1, 0.15) is 5.82 Å². The Morgan fingerprint density at radius 2 is 1.71 bits per heavy atom. The molecule has 0 spiro atoms. The molecular weight excluding hydrogens is 570 g/mol. The third-order valence-electron chi connectivity index (χ3n) is 7.28. The molecule has 0 saturated carbocycles. The molecule has 0 fully saturated rings. The molecule has 3 heterocycles. The Hall–Kier alpha value is -4.77. The van der Waals surface area contributed by atoms with Crippen LogP contribution >= 0.6 is 0 Å². The maximum atomic E-state index is 14.4. The average molecular weight is 612 g/mol. The quantitative estimate of drug-likeness (QED) is 0.196. The number of hydrogen-bond acceptors (Lipinski definition) is 8. The lowest BCUT2D eigenvalue weighted by Gasteiger charge is -2.28. The molecule has 45 heavy (non-hydrogen) atoms. The van der Waals surface area contributed by atoms with Crippen molar-refractivity contribution in [2.24, 2.45) is 5.41 Å². The van der Waals surface area contributed by atoms with Gasteiger partial charge in [0.15, 0.2) is 5.82 Å². The average Bonchev–Trinajstić information content (AvgIpc) is 3.58. The number of nitrogens with zero attached hydrogens (tertiary/aromatic N) is 5. The molecule has 11 nitrogen and oxygen atoms in total. The highest BCUT2D eigenvalue weighted by molar-refractivity contribution is 5.80. The Balaban J connectivity index is 1.60. The lowest BCUT2D eigenvalue weighted by Crippen LogP contribution is -2.34. The van der Waals surface area contributed by atoms with E-state index in [0.29, 0.717) is 35.8 Å². The van der Waals surface area contributed by atoms with Gasteiger partial charge in [-0.1, -0.05) is 87.8 Å². The monoisotopic (exact) mass is 611 g/mol. The molecule has 0 aliphatic heterocycles. The number of rotatable bonds is 9. The normalized spacial score (nSPS) is 12.7. The fourth-order valence-electron chi connectivity index (χ4n) is 5.02. The minimum absolute atomic E-state index is 0.151. The van der Waals surface area contributed by atoms with Crippen LogP contribution in [0, 0.1) is 12.3 Å². The minimum atomic E-state index is -0.606. The summed E-state index contributed by atoms with van der Waals surface area (Å²) in [6.07, 6.45) is 3.71. The van der Waals surface area contributed by atoms with E-state index in [4.69, 9.17) is 14.5 Å². The summed E-state index contributed by atoms with van der Waals surface area (Å²) in [6.45, 7) is 16.0. The van der Waals surface area contributed by atoms with E-state index in [0.717, 1.165) is 40.1 Å². The topological polar surface area (TPSA) is 132 Å². The molecule has 0 radical (unpaired) electrons. The molecule has 5 rings (SSSR count). The van der Waals surface area contributed by atoms with Crippen molar-refractivity contribution in [2.45, 2.75) is 80.3 Å². The molecule has 11 heteroatoms. The highest BCUT2D eigenvalue weighted by Gasteiger charge is 2.24. The van der Waals surface area contributed by atoms with E-state index < -0.39 is 11.4 Å². The van der Waals surface area contributed by atoms with Crippen molar-refractivity contribution in [3.05, 3.63) is 97.8 Å². The standard InChI is InChI=1S/C34H41N7O4/c1-9-12-27-26(19-22-15-17-23(18-16-22)24-13-10-11-14-25(24)29-36-32(43)44-39-29)30(42)40(31-35-21(2)37-41(27)31)20-28(33(3,4)5)38-45-34(6,7)8/h10-11,13-18,20,38H,9,12,19H2,1-8H3,(H,36,39,43). The SMILES string of the molecule is CCCc1c(Cc2ccc(-c3ccccc3-c3noc(=O)[nH]3)cc2)c(=O)n(C=C(NOC(C)(C)C)C(C)(C)C)c2nc(C)nn12. The summed E-state index contributed by atoms with van der Waals surface area (Å²) in [6, 6.07) is 15.7. The fraction of sp³-hybridized carbons (Fsp3) is 0.382. The molecule has 0 bridgehead atoms. The van der Waals surface area contributed by atoms with Crippen LogP contribution in [0.1, 0.15) is 77.5 Å². The first kappa shape index (κ1) is 31.6. The summed E-state index contributed by atoms with van der Waals surface area (Å²) in [5.41, 5.74) is 7.95. The Kier molecular flexibility index (Phi) is 8.66. The largest absolute Gasteiger partial charge is 0.439 e. The van der Waals surface area contributed by atoms with Crippen molar-refractivity contribution in [2.75, 3.05) is 0 Å². The second-order valence-corrected chi connectivity index (χ2v) is 13.2. The molecule has 3 aromatic heterocycles. The summed E-state index contributed by atoms with van der Waals surface area (Å²) in [4.78, 5) is 39.2. The maximum Gasteiger partial charge on any atom is 0.439 e. The lowest BCUT2D eigenvalue weighted by atomic mass is 9.93. The zero-order chi connectivity index (χ0) is 32.5. The lowest BCUT2D eigenvalue weighted by molar-refractivity contribution is -0.0638. The second kappa shape index (κ2) is 12.3. The minimum Gasteiger partial charge on any atom is -0.296 e. The van der Waals surface area contributed by atoms with Gasteiger partial charge in [-0.2, -0.15) is 10.1 Å². The van der Waals surface area contributed by atoms with E-state index in [1.807, 2.05) is 76.2 Å². The second-order valence-electron chi connectivity index (χ2n) is 13.2. The number of fused-ring (bicyclic) bond motifs is 1. The van der Waals surface area contributed by atoms with Crippen LogP contribution in [0.4, 0.5) is 0 Å². The molecule has 0 amide bonds. The summed E-state index contributed by atoms with van der Waals surface area (Å²) >= 11 is 0. The number of allylic oxidation sites excluding steroid dienone is 1. The van der Waals surface area contributed by atoms with Gasteiger partial charge in [0.2, 0.25) is 5.78 Å². The van der Waals surface area contributed by atoms with E-state index >= 15 is 0 Å². The van der Waals surface area contributed by atoms with Gasteiger partial charge in [-0.05, 0) is 50.8 Å². The van der Waals surface area contributed by atoms with Crippen LogP contribution in [-0.4, -0.2) is 34.9 Å². The number of aromatic nitrogens is 6. The van der Waals surface area contributed by atoms with Gasteiger partial charge >= 0.3 is 5.76 Å². The molecular formula is C34H41N7O4. The zero-order valence-electron chi connectivity index (χ0n) is 27.2. The predicted molar refractivity (Wildman–Crippen MR) is 174 cm³/mol. The van der Waals surface area contributed by atoms with E-state index in [2.05, 4.69) is 48.3 Å². The van der Waals surface area contributed by atoms with E-state index in [1.165, 1.54) is 0 Å². The molecule has 0 saturated heterocycles. The molecule has 2 N–H and O–H groups in total. The number of hydrogen-bond donors (Lipinski definition) is 2. The van der Waals surface area contributed by atoms with Crippen LogP contribution in [0.2, 0.25) is 0 Å². The maximum absolute atomic E-state index is 14.4. The van der Waals surface area contributed by atoms with Crippen LogP contribution in [0.25, 0.3) is 34.5 Å². The first-order valence-electron chi connectivity index (χ1n) is 15.2. The van der Waals surface area contributed by atoms with Gasteiger partial charge < -0.3 is 0 Å². The number of aryl methyl sites for hydroxylation is 2. The third-order valence-corrected chi connectivity index (χ3v) is 7.28. The zero-order valence-corrected chi connectivity index (χ0v) is 27.2. The van der Waals surface area contributed by atoms with E-state index in [9.17, 15) is 9.59 Å². The highest BCUT2D eigenvalue weighted by atomic mass is 16.7. The van der Waals surface area contributed by atoms with Crippen LogP contribution in [0.3, 0.4) is 0 Å². The smallest absolute Gasteiger partial charge is 0.296 e. The first-order chi connectivity index (χ1) is 21.2. The molecule has 0 aliphatic carbocycles. The summed E-state index contributed by atoms with van der Waals surface area (Å²) in [7, 11) is 0. The van der Waals surface area contributed by atoms with Crippen molar-refractivity contribution in [1.82, 2.24) is 34.8 Å². The van der Waals surface area contributed by atoms with Crippen molar-refractivity contribution in [1.29, 1.82) is 0 Å². The van der Waals surface area contributed by atoms with Gasteiger partial charge in [-0.15, -0.1) is 0 Å². The van der Waals surface area contributed by atoms with Crippen molar-refractivity contribution in [3.63, 3.8) is 0 Å². The number of benzene rings is 2. The first-order valence-corrected chi connectivity index (χ1v) is 15.2. The molecule has 236 valence electrons. The molecule has 5 aromatic rings. The van der Waals surface area contributed by atoms with Crippen molar-refractivity contribution in [3.8, 4) is 22.5 Å². The van der Waals surface area contributed by atoms with Gasteiger partial charge in [0.05, 0.1) is 17.0 Å². The molecule has 0 aliphatic rings.